The molecule has 0 fully saturated rings. The molecule has 0 radical (unpaired) electrons. The minimum absolute atomic E-state index is 0.326. The zero-order valence-corrected chi connectivity index (χ0v) is 8.64. The highest BCUT2D eigenvalue weighted by molar-refractivity contribution is 5.51. The lowest BCUT2D eigenvalue weighted by atomic mass is 10.1. The van der Waals surface area contributed by atoms with Crippen molar-refractivity contribution in [1.29, 1.82) is 0 Å². The summed E-state index contributed by atoms with van der Waals surface area (Å²) in [4.78, 5) is 4.39. The van der Waals surface area contributed by atoms with Gasteiger partial charge in [0.2, 0.25) is 0 Å². The summed E-state index contributed by atoms with van der Waals surface area (Å²) >= 11 is 0. The molecule has 2 aromatic rings. The van der Waals surface area contributed by atoms with Crippen molar-refractivity contribution in [1.82, 2.24) is 9.55 Å². The lowest BCUT2D eigenvalue weighted by molar-refractivity contribution is 0.230. The molecule has 0 amide bonds. The van der Waals surface area contributed by atoms with Gasteiger partial charge in [0.15, 0.2) is 5.76 Å². The topological polar surface area (TPSA) is 57.0 Å². The summed E-state index contributed by atoms with van der Waals surface area (Å²) < 4.78 is 20.3. The Morgan fingerprint density at radius 1 is 1.56 bits per heavy atom. The first-order valence-electron chi connectivity index (χ1n) is 5.24. The number of nitrogens with two attached hydrogens (primary N) is 1. The third-order valence-corrected chi connectivity index (χ3v) is 2.82. The van der Waals surface area contributed by atoms with Crippen molar-refractivity contribution in [3.05, 3.63) is 30.4 Å². The van der Waals surface area contributed by atoms with Crippen LogP contribution in [0.25, 0.3) is 11.5 Å². The molecule has 0 aromatic carbocycles. The number of hydrogen-bond acceptors (Lipinski definition) is 3. The van der Waals surface area contributed by atoms with E-state index in [9.17, 15) is 4.39 Å². The number of imidazole rings is 1. The molecule has 2 unspecified atom stereocenters. The third-order valence-electron chi connectivity index (χ3n) is 2.82. The van der Waals surface area contributed by atoms with E-state index in [0.29, 0.717) is 24.4 Å². The Balaban J connectivity index is 2.03. The van der Waals surface area contributed by atoms with Gasteiger partial charge in [-0.2, -0.15) is 0 Å². The summed E-state index contributed by atoms with van der Waals surface area (Å²) in [6, 6.07) is 3.30. The molecule has 2 atom stereocenters. The van der Waals surface area contributed by atoms with Crippen molar-refractivity contribution in [2.75, 3.05) is 0 Å². The third kappa shape index (κ3) is 1.44. The van der Waals surface area contributed by atoms with Gasteiger partial charge in [0.05, 0.1) is 18.8 Å². The van der Waals surface area contributed by atoms with E-state index in [1.54, 1.807) is 23.1 Å². The van der Waals surface area contributed by atoms with Crippen molar-refractivity contribution in [2.45, 2.75) is 25.2 Å². The Morgan fingerprint density at radius 3 is 3.19 bits per heavy atom. The molecule has 0 aliphatic carbocycles. The molecule has 0 saturated heterocycles. The SMILES string of the molecule is NC1CC(F)Cn2cc(-c3ccco3)nc21. The molecule has 0 saturated carbocycles. The molecule has 0 spiro atoms. The number of alkyl halides is 1. The molecule has 4 nitrogen and oxygen atoms in total. The van der Waals surface area contributed by atoms with Crippen LogP contribution in [0.1, 0.15) is 18.3 Å². The molecule has 1 aliphatic heterocycles. The number of nitrogens with zero attached hydrogens (tertiary/aromatic N) is 2. The number of furan rings is 1. The van der Waals surface area contributed by atoms with Crippen LogP contribution in [0.4, 0.5) is 4.39 Å². The summed E-state index contributed by atoms with van der Waals surface area (Å²) in [6.07, 6.45) is 2.83. The molecule has 1 aliphatic rings. The lowest BCUT2D eigenvalue weighted by Gasteiger charge is -2.22. The average molecular weight is 221 g/mol. The van der Waals surface area contributed by atoms with Crippen LogP contribution in [0.15, 0.2) is 29.0 Å². The van der Waals surface area contributed by atoms with E-state index >= 15 is 0 Å². The van der Waals surface area contributed by atoms with Gasteiger partial charge < -0.3 is 14.7 Å². The van der Waals surface area contributed by atoms with Gasteiger partial charge in [0.25, 0.3) is 0 Å². The van der Waals surface area contributed by atoms with Crippen molar-refractivity contribution < 1.29 is 8.81 Å². The highest BCUT2D eigenvalue weighted by Gasteiger charge is 2.26. The van der Waals surface area contributed by atoms with Gasteiger partial charge in [-0.25, -0.2) is 9.37 Å². The molecular formula is C11H12FN3O. The van der Waals surface area contributed by atoms with E-state index in [4.69, 9.17) is 10.2 Å². The predicted octanol–water partition coefficient (Wildman–Crippen LogP) is 1.88. The zero-order valence-electron chi connectivity index (χ0n) is 8.64. The molecule has 2 aromatic heterocycles. The van der Waals surface area contributed by atoms with Crippen LogP contribution >= 0.6 is 0 Å². The van der Waals surface area contributed by atoms with Crippen LogP contribution < -0.4 is 5.73 Å². The van der Waals surface area contributed by atoms with Gasteiger partial charge in [-0.3, -0.25) is 0 Å². The van der Waals surface area contributed by atoms with E-state index in [-0.39, 0.29) is 6.04 Å². The Labute approximate surface area is 91.9 Å². The molecule has 2 N–H and O–H groups in total. The second-order valence-corrected chi connectivity index (χ2v) is 4.05. The highest BCUT2D eigenvalue weighted by Crippen LogP contribution is 2.28. The Morgan fingerprint density at radius 2 is 2.44 bits per heavy atom. The summed E-state index contributed by atoms with van der Waals surface area (Å²) in [7, 11) is 0. The first kappa shape index (κ1) is 9.59. The maximum Gasteiger partial charge on any atom is 0.153 e. The second-order valence-electron chi connectivity index (χ2n) is 4.05. The largest absolute Gasteiger partial charge is 0.463 e. The molecule has 16 heavy (non-hydrogen) atoms. The fourth-order valence-corrected chi connectivity index (χ4v) is 2.08. The fourth-order valence-electron chi connectivity index (χ4n) is 2.08. The van der Waals surface area contributed by atoms with Gasteiger partial charge in [0, 0.05) is 12.6 Å². The highest BCUT2D eigenvalue weighted by atomic mass is 19.1. The number of halogens is 1. The molecule has 3 heterocycles. The quantitative estimate of drug-likeness (QED) is 0.799. The van der Waals surface area contributed by atoms with E-state index in [1.165, 1.54) is 0 Å². The van der Waals surface area contributed by atoms with Gasteiger partial charge in [-0.05, 0) is 12.1 Å². The van der Waals surface area contributed by atoms with E-state index in [0.717, 1.165) is 5.82 Å². The Kier molecular flexibility index (Phi) is 2.07. The first-order valence-corrected chi connectivity index (χ1v) is 5.24. The van der Waals surface area contributed by atoms with Crippen molar-refractivity contribution >= 4 is 0 Å². The molecule has 0 bridgehead atoms. The minimum Gasteiger partial charge on any atom is -0.463 e. The van der Waals surface area contributed by atoms with Gasteiger partial charge in [0.1, 0.15) is 17.7 Å². The minimum atomic E-state index is -0.888. The standard InChI is InChI=1S/C11H12FN3O/c12-7-4-8(13)11-14-9(6-15(11)5-7)10-2-1-3-16-10/h1-3,6-8H,4-5,13H2. The van der Waals surface area contributed by atoms with Crippen LogP contribution in [0.5, 0.6) is 0 Å². The Bertz CT molecular complexity index is 491. The molecule has 5 heteroatoms. The lowest BCUT2D eigenvalue weighted by Crippen LogP contribution is -2.29. The monoisotopic (exact) mass is 221 g/mol. The molecule has 3 rings (SSSR count). The smallest absolute Gasteiger partial charge is 0.153 e. The average Bonchev–Trinajstić information content (AvgIpc) is 2.82. The summed E-state index contributed by atoms with van der Waals surface area (Å²) in [5.41, 5.74) is 6.56. The van der Waals surface area contributed by atoms with E-state index < -0.39 is 6.17 Å². The van der Waals surface area contributed by atoms with Crippen molar-refractivity contribution in [3.8, 4) is 11.5 Å². The summed E-state index contributed by atoms with van der Waals surface area (Å²) in [5.74, 6) is 1.42. The second kappa shape index (κ2) is 3.45. The van der Waals surface area contributed by atoms with Gasteiger partial charge in [-0.1, -0.05) is 0 Å². The van der Waals surface area contributed by atoms with Gasteiger partial charge >= 0.3 is 0 Å². The zero-order chi connectivity index (χ0) is 11.1. The number of rotatable bonds is 1. The molecular weight excluding hydrogens is 209 g/mol. The Hall–Kier alpha value is -1.62. The van der Waals surface area contributed by atoms with Crippen molar-refractivity contribution in [2.24, 2.45) is 5.73 Å². The fraction of sp³-hybridized carbons (Fsp3) is 0.364. The maximum absolute atomic E-state index is 13.3. The summed E-state index contributed by atoms with van der Waals surface area (Å²) in [6.45, 7) is 0.330. The normalized spacial score (nSPS) is 24.4. The van der Waals surface area contributed by atoms with Crippen molar-refractivity contribution in [3.63, 3.8) is 0 Å². The maximum atomic E-state index is 13.3. The first-order chi connectivity index (χ1) is 7.74. The van der Waals surface area contributed by atoms with Crippen LogP contribution in [0, 0.1) is 0 Å². The van der Waals surface area contributed by atoms with Crippen LogP contribution in [-0.4, -0.2) is 15.7 Å². The number of aromatic nitrogens is 2. The van der Waals surface area contributed by atoms with Gasteiger partial charge in [-0.15, -0.1) is 0 Å². The number of hydrogen-bond donors (Lipinski definition) is 1. The van der Waals surface area contributed by atoms with Crippen LogP contribution in [-0.2, 0) is 6.54 Å². The van der Waals surface area contributed by atoms with E-state index in [1.807, 2.05) is 6.07 Å². The number of fused-ring (bicyclic) bond motifs is 1. The van der Waals surface area contributed by atoms with Crippen LogP contribution in [0.3, 0.4) is 0 Å². The predicted molar refractivity (Wildman–Crippen MR) is 56.4 cm³/mol. The molecule has 84 valence electrons. The van der Waals surface area contributed by atoms with Crippen LogP contribution in [0.2, 0.25) is 0 Å². The van der Waals surface area contributed by atoms with E-state index in [2.05, 4.69) is 4.98 Å². The summed E-state index contributed by atoms with van der Waals surface area (Å²) in [5, 5.41) is 0.